The van der Waals surface area contributed by atoms with Crippen molar-refractivity contribution < 1.29 is 9.18 Å². The van der Waals surface area contributed by atoms with E-state index >= 15 is 0 Å². The summed E-state index contributed by atoms with van der Waals surface area (Å²) in [6, 6.07) is 15.2. The normalized spacial score (nSPS) is 23.6. The average molecular weight is 390 g/mol. The van der Waals surface area contributed by atoms with Crippen LogP contribution in [0.1, 0.15) is 35.6 Å². The number of amides is 2. The zero-order valence-corrected chi connectivity index (χ0v) is 16.1. The molecule has 1 saturated carbocycles. The Hall–Kier alpha value is -2.11. The van der Waals surface area contributed by atoms with Crippen LogP contribution in [0.5, 0.6) is 0 Å². The maximum atomic E-state index is 13.4. The van der Waals surface area contributed by atoms with Gasteiger partial charge in [0.15, 0.2) is 0 Å². The molecular formula is C21H25ClFN3O. The van der Waals surface area contributed by atoms with Crippen molar-refractivity contribution in [1.82, 2.24) is 15.5 Å². The molecule has 1 aliphatic carbocycles. The molecule has 2 aromatic carbocycles. The standard InChI is InChI=1S/C21H24FN3O.ClH/c1-23-17-12-18(13-17)24-21(26)25-11-10-14-4-2-3-5-19(14)20(25)15-6-8-16(22)9-7-15;/h2-9,17-18,20,23H,10-13H2,1H3,(H,24,26);1H/t17-,18+,20-;/m0./s1. The van der Waals surface area contributed by atoms with E-state index in [-0.39, 0.29) is 36.3 Å². The lowest BCUT2D eigenvalue weighted by Gasteiger charge is -2.41. The van der Waals surface area contributed by atoms with E-state index in [1.807, 2.05) is 24.1 Å². The summed E-state index contributed by atoms with van der Waals surface area (Å²) in [6.45, 7) is 0.660. The van der Waals surface area contributed by atoms with Gasteiger partial charge in [0, 0.05) is 18.6 Å². The fourth-order valence-electron chi connectivity index (χ4n) is 4.02. The van der Waals surface area contributed by atoms with E-state index in [0.717, 1.165) is 30.4 Å². The van der Waals surface area contributed by atoms with E-state index < -0.39 is 0 Å². The molecule has 6 heteroatoms. The Morgan fingerprint density at radius 2 is 1.78 bits per heavy atom. The minimum absolute atomic E-state index is 0. The van der Waals surface area contributed by atoms with Gasteiger partial charge in [0.25, 0.3) is 0 Å². The van der Waals surface area contributed by atoms with Gasteiger partial charge < -0.3 is 15.5 Å². The van der Waals surface area contributed by atoms with Crippen molar-refractivity contribution in [2.45, 2.75) is 37.4 Å². The van der Waals surface area contributed by atoms with Gasteiger partial charge in [-0.25, -0.2) is 9.18 Å². The Kier molecular flexibility index (Phi) is 6.02. The first-order chi connectivity index (χ1) is 12.7. The van der Waals surface area contributed by atoms with E-state index in [2.05, 4.69) is 22.8 Å². The predicted molar refractivity (Wildman–Crippen MR) is 107 cm³/mol. The summed E-state index contributed by atoms with van der Waals surface area (Å²) in [6.07, 6.45) is 2.77. The summed E-state index contributed by atoms with van der Waals surface area (Å²) < 4.78 is 13.4. The molecule has 1 aliphatic heterocycles. The van der Waals surface area contributed by atoms with E-state index in [1.165, 1.54) is 17.7 Å². The Labute approximate surface area is 165 Å². The fraction of sp³-hybridized carbons (Fsp3) is 0.381. The van der Waals surface area contributed by atoms with Crippen LogP contribution in [0.3, 0.4) is 0 Å². The highest BCUT2D eigenvalue weighted by atomic mass is 35.5. The summed E-state index contributed by atoms with van der Waals surface area (Å²) in [5.74, 6) is -0.263. The molecule has 0 unspecified atom stereocenters. The molecule has 1 heterocycles. The number of carbonyl (C=O) groups excluding carboxylic acids is 1. The molecule has 2 aliphatic rings. The summed E-state index contributed by atoms with van der Waals surface area (Å²) in [7, 11) is 1.95. The number of nitrogens with one attached hydrogen (secondary N) is 2. The first-order valence-electron chi connectivity index (χ1n) is 9.23. The third-order valence-electron chi connectivity index (χ3n) is 5.60. The highest BCUT2D eigenvalue weighted by Gasteiger charge is 2.35. The van der Waals surface area contributed by atoms with Gasteiger partial charge >= 0.3 is 6.03 Å². The summed E-state index contributed by atoms with van der Waals surface area (Å²) in [4.78, 5) is 14.9. The van der Waals surface area contributed by atoms with E-state index in [0.29, 0.717) is 12.6 Å². The fourth-order valence-corrected chi connectivity index (χ4v) is 4.02. The summed E-state index contributed by atoms with van der Waals surface area (Å²) >= 11 is 0. The van der Waals surface area contributed by atoms with Crippen LogP contribution in [0, 0.1) is 5.82 Å². The monoisotopic (exact) mass is 389 g/mol. The van der Waals surface area contributed by atoms with Crippen LogP contribution in [0.25, 0.3) is 0 Å². The van der Waals surface area contributed by atoms with Crippen molar-refractivity contribution in [2.24, 2.45) is 0 Å². The van der Waals surface area contributed by atoms with E-state index in [4.69, 9.17) is 0 Å². The molecule has 0 saturated heterocycles. The van der Waals surface area contributed by atoms with Crippen molar-refractivity contribution in [1.29, 1.82) is 0 Å². The van der Waals surface area contributed by atoms with Crippen molar-refractivity contribution in [2.75, 3.05) is 13.6 Å². The number of urea groups is 1. The molecule has 4 nitrogen and oxygen atoms in total. The van der Waals surface area contributed by atoms with Crippen LogP contribution in [0.4, 0.5) is 9.18 Å². The number of rotatable bonds is 3. The molecule has 0 radical (unpaired) electrons. The highest BCUT2D eigenvalue weighted by Crippen LogP contribution is 2.35. The zero-order chi connectivity index (χ0) is 18.1. The molecule has 0 aromatic heterocycles. The topological polar surface area (TPSA) is 44.4 Å². The second kappa shape index (κ2) is 8.28. The minimum Gasteiger partial charge on any atom is -0.335 e. The van der Waals surface area contributed by atoms with Crippen molar-refractivity contribution in [3.63, 3.8) is 0 Å². The lowest BCUT2D eigenvalue weighted by atomic mass is 9.86. The Bertz CT molecular complexity index is 792. The van der Waals surface area contributed by atoms with Crippen LogP contribution < -0.4 is 10.6 Å². The van der Waals surface area contributed by atoms with Gasteiger partial charge in [-0.3, -0.25) is 0 Å². The second-order valence-corrected chi connectivity index (χ2v) is 7.20. The first-order valence-corrected chi connectivity index (χ1v) is 9.23. The van der Waals surface area contributed by atoms with Gasteiger partial charge in [-0.15, -0.1) is 12.4 Å². The predicted octanol–water partition coefficient (Wildman–Crippen LogP) is 3.66. The van der Waals surface area contributed by atoms with Gasteiger partial charge in [0.1, 0.15) is 5.82 Å². The largest absolute Gasteiger partial charge is 0.335 e. The van der Waals surface area contributed by atoms with Gasteiger partial charge in [-0.05, 0) is 55.1 Å². The third kappa shape index (κ3) is 3.94. The molecule has 4 rings (SSSR count). The number of fused-ring (bicyclic) bond motifs is 1. The first kappa shape index (κ1) is 19.6. The van der Waals surface area contributed by atoms with Crippen LogP contribution in [0.2, 0.25) is 0 Å². The van der Waals surface area contributed by atoms with E-state index in [9.17, 15) is 9.18 Å². The van der Waals surface area contributed by atoms with Crippen LogP contribution in [-0.2, 0) is 6.42 Å². The van der Waals surface area contributed by atoms with Gasteiger partial charge in [0.2, 0.25) is 0 Å². The lowest BCUT2D eigenvalue weighted by molar-refractivity contribution is 0.164. The molecule has 2 amide bonds. The maximum Gasteiger partial charge on any atom is 0.318 e. The molecule has 2 N–H and O–H groups in total. The van der Waals surface area contributed by atoms with Crippen LogP contribution in [0.15, 0.2) is 48.5 Å². The van der Waals surface area contributed by atoms with Crippen molar-refractivity contribution in [3.05, 3.63) is 71.0 Å². The number of nitrogens with zero attached hydrogens (tertiary/aromatic N) is 1. The molecule has 144 valence electrons. The smallest absolute Gasteiger partial charge is 0.318 e. The Balaban J connectivity index is 0.00000210. The maximum absolute atomic E-state index is 13.4. The number of halogens is 2. The number of carbonyl (C=O) groups is 1. The number of benzene rings is 2. The molecule has 27 heavy (non-hydrogen) atoms. The second-order valence-electron chi connectivity index (χ2n) is 7.20. The highest BCUT2D eigenvalue weighted by molar-refractivity contribution is 5.85. The molecular weight excluding hydrogens is 365 g/mol. The molecule has 0 spiro atoms. The number of hydrogen-bond acceptors (Lipinski definition) is 2. The molecule has 0 bridgehead atoms. The van der Waals surface area contributed by atoms with Gasteiger partial charge in [-0.1, -0.05) is 36.4 Å². The van der Waals surface area contributed by atoms with Crippen molar-refractivity contribution in [3.8, 4) is 0 Å². The Morgan fingerprint density at radius 3 is 2.48 bits per heavy atom. The van der Waals surface area contributed by atoms with Crippen LogP contribution >= 0.6 is 12.4 Å². The summed E-state index contributed by atoms with van der Waals surface area (Å²) in [5, 5.41) is 6.40. The lowest BCUT2D eigenvalue weighted by Crippen LogP contribution is -2.55. The minimum atomic E-state index is -0.263. The molecule has 1 fully saturated rings. The van der Waals surface area contributed by atoms with Crippen LogP contribution in [-0.4, -0.2) is 36.6 Å². The molecule has 2 aromatic rings. The zero-order valence-electron chi connectivity index (χ0n) is 15.3. The van der Waals surface area contributed by atoms with Gasteiger partial charge in [0.05, 0.1) is 6.04 Å². The van der Waals surface area contributed by atoms with E-state index in [1.54, 1.807) is 12.1 Å². The Morgan fingerprint density at radius 1 is 1.07 bits per heavy atom. The quantitative estimate of drug-likeness (QED) is 0.841. The molecule has 1 atom stereocenters. The average Bonchev–Trinajstić information content (AvgIpc) is 2.64. The van der Waals surface area contributed by atoms with Gasteiger partial charge in [-0.2, -0.15) is 0 Å². The third-order valence-corrected chi connectivity index (χ3v) is 5.60. The van der Waals surface area contributed by atoms with Crippen molar-refractivity contribution >= 4 is 18.4 Å². The summed E-state index contributed by atoms with van der Waals surface area (Å²) in [5.41, 5.74) is 3.32. The SMILES string of the molecule is CN[C@H]1C[C@@H](NC(=O)N2CCc3ccccc3[C@@H]2c2ccc(F)cc2)C1.Cl. The number of hydrogen-bond donors (Lipinski definition) is 2.